The molecule has 0 fully saturated rings. The topological polar surface area (TPSA) is 100 Å². The lowest BCUT2D eigenvalue weighted by Gasteiger charge is -2.13. The number of ether oxygens (including phenoxy) is 2. The zero-order chi connectivity index (χ0) is 19.8. The van der Waals surface area contributed by atoms with Gasteiger partial charge in [-0.1, -0.05) is 41.6 Å². The minimum absolute atomic E-state index is 0.0885. The fourth-order valence-electron chi connectivity index (χ4n) is 2.49. The van der Waals surface area contributed by atoms with Gasteiger partial charge >= 0.3 is 5.97 Å². The maximum Gasteiger partial charge on any atom is 0.341 e. The first-order chi connectivity index (χ1) is 13.0. The van der Waals surface area contributed by atoms with Gasteiger partial charge in [0.1, 0.15) is 18.4 Å². The average Bonchev–Trinajstić information content (AvgIpc) is 2.70. The van der Waals surface area contributed by atoms with Crippen LogP contribution in [0.1, 0.15) is 16.7 Å². The molecule has 0 bridgehead atoms. The number of nitrogens with zero attached hydrogens (tertiary/aromatic N) is 2. The van der Waals surface area contributed by atoms with E-state index in [0.717, 1.165) is 0 Å². The first-order valence-electron chi connectivity index (χ1n) is 7.80. The van der Waals surface area contributed by atoms with Gasteiger partial charge in [-0.25, -0.2) is 4.79 Å². The van der Waals surface area contributed by atoms with Gasteiger partial charge in [0.15, 0.2) is 0 Å². The highest BCUT2D eigenvalue weighted by molar-refractivity contribution is 6.22. The molecule has 2 aromatic carbocycles. The van der Waals surface area contributed by atoms with E-state index >= 15 is 0 Å². The molecule has 0 N–H and O–H groups in total. The summed E-state index contributed by atoms with van der Waals surface area (Å²) in [5.74, 6) is -0.597. The molecule has 0 unspecified atom stereocenters. The monoisotopic (exact) mass is 370 g/mol. The van der Waals surface area contributed by atoms with E-state index in [2.05, 4.69) is 5.16 Å². The molecule has 2 aromatic rings. The number of carbonyl (C=O) groups excluding carboxylic acids is 1. The molecular weight excluding hydrogens is 352 g/mol. The molecule has 0 heterocycles. The van der Waals surface area contributed by atoms with Crippen LogP contribution in [-0.2, 0) is 19.1 Å². The summed E-state index contributed by atoms with van der Waals surface area (Å²) in [4.78, 5) is 27.7. The normalized spacial score (nSPS) is 11.7. The lowest BCUT2D eigenvalue weighted by Crippen LogP contribution is -2.12. The molecule has 0 amide bonds. The maximum atomic E-state index is 12.2. The number of esters is 1. The molecule has 0 radical (unpaired) electrons. The van der Waals surface area contributed by atoms with Crippen LogP contribution >= 0.6 is 0 Å². The number of hydrogen-bond acceptors (Lipinski definition) is 7. The van der Waals surface area contributed by atoms with Crippen molar-refractivity contribution in [3.63, 3.8) is 0 Å². The van der Waals surface area contributed by atoms with Crippen LogP contribution in [0.3, 0.4) is 0 Å². The molecule has 27 heavy (non-hydrogen) atoms. The van der Waals surface area contributed by atoms with Crippen molar-refractivity contribution in [1.29, 1.82) is 0 Å². The van der Waals surface area contributed by atoms with Gasteiger partial charge in [-0.2, -0.15) is 0 Å². The first-order valence-corrected chi connectivity index (χ1v) is 7.80. The minimum Gasteiger partial charge on any atom is -0.503 e. The molecular formula is C19H18N2O6. The third-order valence-electron chi connectivity index (χ3n) is 3.63. The number of non-ortho nitro benzene ring substituents is 1. The van der Waals surface area contributed by atoms with Crippen LogP contribution < -0.4 is 0 Å². The van der Waals surface area contributed by atoms with Gasteiger partial charge in [0.2, 0.25) is 0 Å². The van der Waals surface area contributed by atoms with Crippen LogP contribution in [0.4, 0.5) is 5.69 Å². The Morgan fingerprint density at radius 2 is 1.78 bits per heavy atom. The molecule has 0 aliphatic carbocycles. The number of hydrogen-bond donors (Lipinski definition) is 0. The summed E-state index contributed by atoms with van der Waals surface area (Å²) in [5, 5.41) is 15.1. The van der Waals surface area contributed by atoms with E-state index in [4.69, 9.17) is 14.3 Å². The molecule has 0 aliphatic heterocycles. The number of nitro groups is 1. The Kier molecular flexibility index (Phi) is 6.65. The molecule has 8 nitrogen and oxygen atoms in total. The Balaban J connectivity index is 2.69. The Hall–Kier alpha value is -3.68. The number of nitro benzene ring substituents is 1. The Morgan fingerprint density at radius 3 is 2.37 bits per heavy atom. The molecule has 0 atom stereocenters. The number of rotatable bonds is 7. The molecule has 0 aliphatic rings. The largest absolute Gasteiger partial charge is 0.503 e. The Bertz CT molecular complexity index is 905. The second kappa shape index (κ2) is 9.14. The second-order valence-corrected chi connectivity index (χ2v) is 5.23. The van der Waals surface area contributed by atoms with Crippen LogP contribution in [0.15, 0.2) is 59.9 Å². The van der Waals surface area contributed by atoms with E-state index in [0.29, 0.717) is 22.4 Å². The van der Waals surface area contributed by atoms with Gasteiger partial charge in [-0.05, 0) is 0 Å². The summed E-state index contributed by atoms with van der Waals surface area (Å²) >= 11 is 0. The first kappa shape index (κ1) is 19.6. The van der Waals surface area contributed by atoms with Crippen molar-refractivity contribution < 1.29 is 24.0 Å². The summed E-state index contributed by atoms with van der Waals surface area (Å²) < 4.78 is 9.83. The minimum atomic E-state index is -0.597. The predicted molar refractivity (Wildman–Crippen MR) is 99.2 cm³/mol. The van der Waals surface area contributed by atoms with Crippen LogP contribution in [-0.4, -0.2) is 37.9 Å². The van der Waals surface area contributed by atoms with E-state index in [-0.39, 0.29) is 11.3 Å². The average molecular weight is 370 g/mol. The van der Waals surface area contributed by atoms with Gasteiger partial charge in [-0.3, -0.25) is 10.1 Å². The van der Waals surface area contributed by atoms with Gasteiger partial charge in [0, 0.05) is 28.8 Å². The van der Waals surface area contributed by atoms with E-state index in [9.17, 15) is 14.9 Å². The highest BCUT2D eigenvalue weighted by Gasteiger charge is 2.21. The lowest BCUT2D eigenvalue weighted by molar-refractivity contribution is -0.384. The number of benzene rings is 2. The van der Waals surface area contributed by atoms with Gasteiger partial charge in [0.05, 0.1) is 25.4 Å². The summed E-state index contributed by atoms with van der Waals surface area (Å²) in [7, 11) is 4.04. The van der Waals surface area contributed by atoms with Crippen molar-refractivity contribution in [2.75, 3.05) is 21.3 Å². The van der Waals surface area contributed by atoms with Crippen LogP contribution in [0.25, 0.3) is 5.57 Å². The number of oxime groups is 1. The van der Waals surface area contributed by atoms with E-state index in [1.807, 2.05) is 0 Å². The smallest absolute Gasteiger partial charge is 0.341 e. The molecule has 0 aromatic heterocycles. The maximum absolute atomic E-state index is 12.2. The van der Waals surface area contributed by atoms with Crippen molar-refractivity contribution in [3.05, 3.63) is 81.6 Å². The van der Waals surface area contributed by atoms with Gasteiger partial charge in [-0.15, -0.1) is 0 Å². The van der Waals surface area contributed by atoms with Crippen molar-refractivity contribution in [3.8, 4) is 0 Å². The van der Waals surface area contributed by atoms with E-state index in [1.54, 1.807) is 36.4 Å². The van der Waals surface area contributed by atoms with E-state index in [1.165, 1.54) is 39.7 Å². The summed E-state index contributed by atoms with van der Waals surface area (Å²) in [5.41, 5.74) is 1.86. The van der Waals surface area contributed by atoms with Crippen LogP contribution in [0.5, 0.6) is 0 Å². The molecule has 0 saturated heterocycles. The zero-order valence-corrected chi connectivity index (χ0v) is 15.0. The summed E-state index contributed by atoms with van der Waals surface area (Å²) in [6.07, 6.45) is 1.27. The highest BCUT2D eigenvalue weighted by Crippen LogP contribution is 2.25. The molecule has 2 rings (SSSR count). The predicted octanol–water partition coefficient (Wildman–Crippen LogP) is 3.15. The van der Waals surface area contributed by atoms with Crippen LogP contribution in [0, 0.1) is 10.1 Å². The fraction of sp³-hybridized carbons (Fsp3) is 0.158. The zero-order valence-electron chi connectivity index (χ0n) is 15.0. The van der Waals surface area contributed by atoms with Crippen molar-refractivity contribution in [2.24, 2.45) is 5.16 Å². The molecule has 8 heteroatoms. The summed E-state index contributed by atoms with van der Waals surface area (Å²) in [6.45, 7) is 0. The standard InChI is InChI=1S/C19H18N2O6/c1-25-12-17(19(22)26-2)15-9-4-5-10-16(15)18(20-27-3)13-7-6-8-14(11-13)21(23)24/h4-12H,1-3H3. The summed E-state index contributed by atoms with van der Waals surface area (Å²) in [6, 6.07) is 12.9. The second-order valence-electron chi connectivity index (χ2n) is 5.23. The van der Waals surface area contributed by atoms with Crippen molar-refractivity contribution in [1.82, 2.24) is 0 Å². The van der Waals surface area contributed by atoms with Crippen molar-refractivity contribution in [2.45, 2.75) is 0 Å². The van der Waals surface area contributed by atoms with Gasteiger partial charge in [0.25, 0.3) is 5.69 Å². The molecule has 0 saturated carbocycles. The third-order valence-corrected chi connectivity index (χ3v) is 3.63. The molecule has 0 spiro atoms. The molecule has 140 valence electrons. The highest BCUT2D eigenvalue weighted by atomic mass is 16.6. The Morgan fingerprint density at radius 1 is 1.07 bits per heavy atom. The Labute approximate surface area is 155 Å². The van der Waals surface area contributed by atoms with Gasteiger partial charge < -0.3 is 14.3 Å². The lowest BCUT2D eigenvalue weighted by atomic mass is 9.93. The fourth-order valence-corrected chi connectivity index (χ4v) is 2.49. The SMILES string of the molecule is COC=C(C(=O)OC)c1ccccc1C(=NOC)c1cccc([N+](=O)[O-])c1. The van der Waals surface area contributed by atoms with E-state index < -0.39 is 10.9 Å². The quantitative estimate of drug-likeness (QED) is 0.185. The number of carbonyl (C=O) groups is 1. The third kappa shape index (κ3) is 4.49. The van der Waals surface area contributed by atoms with Crippen molar-refractivity contribution >= 4 is 22.9 Å². The number of methoxy groups -OCH3 is 2. The van der Waals surface area contributed by atoms with Crippen LogP contribution in [0.2, 0.25) is 0 Å².